The number of carbonyl (C=O) groups excluding carboxylic acids is 1. The molecule has 2 fully saturated rings. The molecule has 1 aliphatic heterocycles. The normalized spacial score (nSPS) is 27.9. The molecule has 1 aromatic heterocycles. The third kappa shape index (κ3) is 5.43. The third-order valence-corrected chi connectivity index (χ3v) is 6.06. The predicted molar refractivity (Wildman–Crippen MR) is 100 cm³/mol. The van der Waals surface area contributed by atoms with Crippen LogP contribution in [0.5, 0.6) is 5.88 Å². The first-order chi connectivity index (χ1) is 14.4. The van der Waals surface area contributed by atoms with Crippen LogP contribution in [0.2, 0.25) is 0 Å². The molecular weight excluding hydrogens is 427 g/mol. The zero-order valence-corrected chi connectivity index (χ0v) is 17.0. The van der Waals surface area contributed by atoms with Crippen LogP contribution in [0.25, 0.3) is 0 Å². The van der Waals surface area contributed by atoms with Gasteiger partial charge in [0.2, 0.25) is 11.8 Å². The van der Waals surface area contributed by atoms with Gasteiger partial charge in [-0.05, 0) is 45.1 Å². The van der Waals surface area contributed by atoms with Gasteiger partial charge >= 0.3 is 6.18 Å². The molecule has 0 radical (unpaired) electrons. The molecular formula is C20H25F5N2O4. The van der Waals surface area contributed by atoms with Gasteiger partial charge in [-0.25, -0.2) is 13.8 Å². The molecule has 1 amide bonds. The fourth-order valence-electron chi connectivity index (χ4n) is 4.06. The third-order valence-electron chi connectivity index (χ3n) is 6.06. The highest BCUT2D eigenvalue weighted by Gasteiger charge is 2.51. The zero-order chi connectivity index (χ0) is 22.9. The molecule has 3 rings (SSSR count). The van der Waals surface area contributed by atoms with E-state index in [-0.39, 0.29) is 31.2 Å². The summed E-state index contributed by atoms with van der Waals surface area (Å²) in [6, 6.07) is 2.77. The van der Waals surface area contributed by atoms with E-state index in [1.165, 1.54) is 23.2 Å². The fourth-order valence-corrected chi connectivity index (χ4v) is 4.06. The maximum Gasteiger partial charge on any atom is 0.425 e. The molecule has 2 aliphatic rings. The minimum Gasteiger partial charge on any atom is -0.465 e. The maximum absolute atomic E-state index is 13.1. The van der Waals surface area contributed by atoms with Gasteiger partial charge < -0.3 is 19.5 Å². The summed E-state index contributed by atoms with van der Waals surface area (Å²) in [6.07, 6.45) is -5.95. The van der Waals surface area contributed by atoms with Crippen molar-refractivity contribution >= 4 is 11.6 Å². The molecule has 1 saturated carbocycles. The standard InChI is InChI=1S/C20H25F5N2O4/c1-13(20(23,24)25)31-16-3-2-14(10-26-16)27-9-8-18(17(27)28)4-6-19(29,7-5-18)12-30-11-15(21)22/h2-3,10,13,15,29H,4-9,11-12H2,1H3/t13-,18?,19?/m0/s1. The molecule has 6 nitrogen and oxygen atoms in total. The van der Waals surface area contributed by atoms with Gasteiger partial charge in [0.25, 0.3) is 6.43 Å². The Kier molecular flexibility index (Phi) is 6.75. The van der Waals surface area contributed by atoms with Crippen molar-refractivity contribution in [2.24, 2.45) is 5.41 Å². The van der Waals surface area contributed by atoms with Crippen molar-refractivity contribution in [2.75, 3.05) is 24.7 Å². The van der Waals surface area contributed by atoms with Crippen molar-refractivity contribution < 1.29 is 41.3 Å². The van der Waals surface area contributed by atoms with Crippen LogP contribution in [0.4, 0.5) is 27.6 Å². The lowest BCUT2D eigenvalue weighted by molar-refractivity contribution is -0.189. The average Bonchev–Trinajstić information content (AvgIpc) is 3.01. The lowest BCUT2D eigenvalue weighted by Gasteiger charge is -2.40. The molecule has 2 heterocycles. The highest BCUT2D eigenvalue weighted by Crippen LogP contribution is 2.48. The molecule has 1 atom stereocenters. The molecule has 1 spiro atoms. The zero-order valence-electron chi connectivity index (χ0n) is 17.0. The van der Waals surface area contributed by atoms with E-state index in [0.717, 1.165) is 6.92 Å². The number of alkyl halides is 5. The number of aromatic nitrogens is 1. The minimum absolute atomic E-state index is 0.137. The first-order valence-electron chi connectivity index (χ1n) is 10.0. The second kappa shape index (κ2) is 8.85. The maximum atomic E-state index is 13.1. The lowest BCUT2D eigenvalue weighted by Crippen LogP contribution is -2.46. The summed E-state index contributed by atoms with van der Waals surface area (Å²) < 4.78 is 71.9. The van der Waals surface area contributed by atoms with Crippen molar-refractivity contribution in [1.29, 1.82) is 0 Å². The Bertz CT molecular complexity index is 764. The SMILES string of the molecule is C[C@H](Oc1ccc(N2CCC3(CCC(O)(COCC(F)F)CC3)C2=O)cn1)C(F)(F)F. The molecule has 0 aromatic carbocycles. The highest BCUT2D eigenvalue weighted by atomic mass is 19.4. The molecule has 11 heteroatoms. The van der Waals surface area contributed by atoms with Crippen molar-refractivity contribution in [3.63, 3.8) is 0 Å². The van der Waals surface area contributed by atoms with Gasteiger partial charge in [0.1, 0.15) is 6.61 Å². The van der Waals surface area contributed by atoms with Gasteiger partial charge in [-0.2, -0.15) is 13.2 Å². The Morgan fingerprint density at radius 3 is 2.42 bits per heavy atom. The summed E-state index contributed by atoms with van der Waals surface area (Å²) in [6.45, 7) is 0.355. The van der Waals surface area contributed by atoms with Crippen LogP contribution in [0.1, 0.15) is 39.0 Å². The van der Waals surface area contributed by atoms with E-state index in [2.05, 4.69) is 4.98 Å². The molecule has 1 N–H and O–H groups in total. The van der Waals surface area contributed by atoms with Crippen molar-refractivity contribution in [3.8, 4) is 5.88 Å². The number of rotatable bonds is 7. The number of hydrogen-bond donors (Lipinski definition) is 1. The van der Waals surface area contributed by atoms with E-state index in [0.29, 0.717) is 31.5 Å². The summed E-state index contributed by atoms with van der Waals surface area (Å²) >= 11 is 0. The number of anilines is 1. The van der Waals surface area contributed by atoms with Crippen LogP contribution in [-0.2, 0) is 9.53 Å². The van der Waals surface area contributed by atoms with Crippen molar-refractivity contribution in [2.45, 2.75) is 63.3 Å². The topological polar surface area (TPSA) is 71.9 Å². The molecule has 174 valence electrons. The summed E-state index contributed by atoms with van der Waals surface area (Å²) in [7, 11) is 0. The number of amides is 1. The Labute approximate surface area is 176 Å². The summed E-state index contributed by atoms with van der Waals surface area (Å²) in [5.41, 5.74) is -1.44. The van der Waals surface area contributed by atoms with Gasteiger partial charge in [0, 0.05) is 12.6 Å². The van der Waals surface area contributed by atoms with E-state index in [9.17, 15) is 31.9 Å². The van der Waals surface area contributed by atoms with Gasteiger partial charge in [0.15, 0.2) is 6.10 Å². The van der Waals surface area contributed by atoms with Gasteiger partial charge in [-0.15, -0.1) is 0 Å². The molecule has 1 aliphatic carbocycles. The molecule has 31 heavy (non-hydrogen) atoms. The number of halogens is 5. The van der Waals surface area contributed by atoms with E-state index in [4.69, 9.17) is 9.47 Å². The van der Waals surface area contributed by atoms with Crippen LogP contribution in [0, 0.1) is 5.41 Å². The first kappa shape index (κ1) is 23.6. The molecule has 1 aromatic rings. The van der Waals surface area contributed by atoms with Gasteiger partial charge in [-0.1, -0.05) is 0 Å². The molecule has 1 saturated heterocycles. The Morgan fingerprint density at radius 2 is 1.87 bits per heavy atom. The van der Waals surface area contributed by atoms with Gasteiger partial charge in [-0.3, -0.25) is 4.79 Å². The number of nitrogens with zero attached hydrogens (tertiary/aromatic N) is 2. The second-order valence-electron chi connectivity index (χ2n) is 8.27. The lowest BCUT2D eigenvalue weighted by atomic mass is 9.68. The minimum atomic E-state index is -4.51. The van der Waals surface area contributed by atoms with Crippen LogP contribution in [0.3, 0.4) is 0 Å². The molecule has 0 bridgehead atoms. The van der Waals surface area contributed by atoms with Crippen LogP contribution >= 0.6 is 0 Å². The van der Waals surface area contributed by atoms with Crippen LogP contribution in [0.15, 0.2) is 18.3 Å². The summed E-state index contributed by atoms with van der Waals surface area (Å²) in [5.74, 6) is -0.330. The smallest absolute Gasteiger partial charge is 0.425 e. The van der Waals surface area contributed by atoms with E-state index < -0.39 is 36.3 Å². The van der Waals surface area contributed by atoms with Crippen molar-refractivity contribution in [3.05, 3.63) is 18.3 Å². The largest absolute Gasteiger partial charge is 0.465 e. The number of aliphatic hydroxyl groups is 1. The number of hydrogen-bond acceptors (Lipinski definition) is 5. The summed E-state index contributed by atoms with van der Waals surface area (Å²) in [4.78, 5) is 18.5. The Hall–Kier alpha value is -2.01. The molecule has 0 unspecified atom stereocenters. The first-order valence-corrected chi connectivity index (χ1v) is 10.0. The highest BCUT2D eigenvalue weighted by molar-refractivity contribution is 5.99. The van der Waals surface area contributed by atoms with Gasteiger partial charge in [0.05, 0.1) is 29.5 Å². The average molecular weight is 452 g/mol. The second-order valence-corrected chi connectivity index (χ2v) is 8.27. The number of ether oxygens (including phenoxy) is 2. The van der Waals surface area contributed by atoms with Crippen molar-refractivity contribution in [1.82, 2.24) is 4.98 Å². The van der Waals surface area contributed by atoms with Crippen LogP contribution in [-0.4, -0.2) is 60.1 Å². The Morgan fingerprint density at radius 1 is 1.19 bits per heavy atom. The predicted octanol–water partition coefficient (Wildman–Crippen LogP) is 3.72. The fraction of sp³-hybridized carbons (Fsp3) is 0.700. The monoisotopic (exact) mass is 452 g/mol. The number of carbonyl (C=O) groups is 1. The Balaban J connectivity index is 1.59. The van der Waals surface area contributed by atoms with Crippen LogP contribution < -0.4 is 9.64 Å². The van der Waals surface area contributed by atoms with E-state index in [1.54, 1.807) is 0 Å². The summed E-state index contributed by atoms with van der Waals surface area (Å²) in [5, 5.41) is 10.6. The number of pyridine rings is 1. The van der Waals surface area contributed by atoms with E-state index >= 15 is 0 Å². The quantitative estimate of drug-likeness (QED) is 0.639. The van der Waals surface area contributed by atoms with E-state index in [1.807, 2.05) is 0 Å².